The van der Waals surface area contributed by atoms with E-state index in [0.717, 1.165) is 10.6 Å². The maximum atomic E-state index is 12.5. The van der Waals surface area contributed by atoms with Gasteiger partial charge in [-0.1, -0.05) is 0 Å². The maximum Gasteiger partial charge on any atom is 0.238 e. The number of hydrogen-bond donors (Lipinski definition) is 0. The minimum Gasteiger partial charge on any atom is -0.338 e. The first kappa shape index (κ1) is 20.3. The Bertz CT molecular complexity index is 616. The quantitative estimate of drug-likeness (QED) is 0.536. The van der Waals surface area contributed by atoms with Crippen molar-refractivity contribution in [2.45, 2.75) is 19.4 Å². The van der Waals surface area contributed by atoms with Crippen LogP contribution in [0.25, 0.3) is 0 Å². The highest BCUT2D eigenvalue weighted by Gasteiger charge is 2.35. The average Bonchev–Trinajstić information content (AvgIpc) is 2.74. The van der Waals surface area contributed by atoms with Gasteiger partial charge in [-0.3, -0.25) is 4.79 Å². The maximum absolute atomic E-state index is 12.5. The summed E-state index contributed by atoms with van der Waals surface area (Å²) in [5.74, 6) is -0.306. The second-order valence-electron chi connectivity index (χ2n) is 6.14. The van der Waals surface area contributed by atoms with E-state index in [-0.39, 0.29) is 36.5 Å². The number of likely N-dealkylation sites (N-methyl/N-ethyl adjacent to an activating group) is 2. The van der Waals surface area contributed by atoms with Crippen LogP contribution in [0.15, 0.2) is 0 Å². The molecule has 1 rings (SSSR count). The number of rotatable bonds is 8. The van der Waals surface area contributed by atoms with Crippen LogP contribution in [0.2, 0.25) is 0 Å². The molecule has 1 aliphatic rings. The monoisotopic (exact) mass is 369 g/mol. The Kier molecular flexibility index (Phi) is 6.99. The van der Waals surface area contributed by atoms with Gasteiger partial charge in [0.1, 0.15) is 0 Å². The van der Waals surface area contributed by atoms with E-state index in [1.807, 2.05) is 19.0 Å². The Hall–Kier alpha value is -0.710. The van der Waals surface area contributed by atoms with Gasteiger partial charge >= 0.3 is 0 Å². The number of sulfone groups is 1. The van der Waals surface area contributed by atoms with Crippen LogP contribution in [0, 0.1) is 0 Å². The number of sulfonamides is 1. The number of nitrogens with zero attached hydrogens (tertiary/aromatic N) is 3. The normalized spacial score (nSPS) is 21.0. The highest BCUT2D eigenvalue weighted by molar-refractivity contribution is 7.91. The van der Waals surface area contributed by atoms with Gasteiger partial charge in [0, 0.05) is 25.7 Å². The smallest absolute Gasteiger partial charge is 0.238 e. The van der Waals surface area contributed by atoms with Crippen LogP contribution in [-0.4, -0.2) is 101 Å². The van der Waals surface area contributed by atoms with E-state index in [1.165, 1.54) is 4.90 Å². The number of hydrogen-bond acceptors (Lipinski definition) is 6. The van der Waals surface area contributed by atoms with Crippen molar-refractivity contribution in [2.75, 3.05) is 58.0 Å². The number of carbonyl (C=O) groups excluding carboxylic acids is 1. The fourth-order valence-electron chi connectivity index (χ4n) is 2.57. The molecule has 1 aliphatic heterocycles. The van der Waals surface area contributed by atoms with Crippen LogP contribution in [-0.2, 0) is 24.7 Å². The molecular formula is C13H27N3O5S2. The minimum atomic E-state index is -3.50. The van der Waals surface area contributed by atoms with Gasteiger partial charge in [0.2, 0.25) is 15.9 Å². The molecule has 0 aromatic carbocycles. The zero-order valence-electron chi connectivity index (χ0n) is 14.2. The fourth-order valence-corrected chi connectivity index (χ4v) is 5.06. The predicted molar refractivity (Wildman–Crippen MR) is 89.4 cm³/mol. The van der Waals surface area contributed by atoms with Crippen LogP contribution in [0.4, 0.5) is 0 Å². The van der Waals surface area contributed by atoms with Gasteiger partial charge in [-0.05, 0) is 27.4 Å². The third kappa shape index (κ3) is 6.36. The van der Waals surface area contributed by atoms with Crippen LogP contribution in [0.3, 0.4) is 0 Å². The Morgan fingerprint density at radius 1 is 1.22 bits per heavy atom. The zero-order chi connectivity index (χ0) is 17.8. The molecule has 10 heteroatoms. The molecule has 0 aromatic heterocycles. The summed E-state index contributed by atoms with van der Waals surface area (Å²) in [7, 11) is -2.95. The Morgan fingerprint density at radius 2 is 1.83 bits per heavy atom. The molecule has 0 spiro atoms. The molecule has 0 aliphatic carbocycles. The molecule has 1 unspecified atom stereocenters. The van der Waals surface area contributed by atoms with Crippen molar-refractivity contribution in [3.8, 4) is 0 Å². The lowest BCUT2D eigenvalue weighted by atomic mass is 10.2. The number of amides is 1. The molecule has 1 fully saturated rings. The van der Waals surface area contributed by atoms with Crippen molar-refractivity contribution < 1.29 is 21.6 Å². The van der Waals surface area contributed by atoms with E-state index in [4.69, 9.17) is 0 Å². The van der Waals surface area contributed by atoms with Gasteiger partial charge < -0.3 is 9.80 Å². The van der Waals surface area contributed by atoms with E-state index in [0.29, 0.717) is 19.5 Å². The molecule has 1 saturated heterocycles. The van der Waals surface area contributed by atoms with Crippen LogP contribution in [0.5, 0.6) is 0 Å². The summed E-state index contributed by atoms with van der Waals surface area (Å²) in [5.41, 5.74) is 0. The summed E-state index contributed by atoms with van der Waals surface area (Å²) < 4.78 is 48.0. The van der Waals surface area contributed by atoms with Gasteiger partial charge in [0.05, 0.1) is 24.3 Å². The van der Waals surface area contributed by atoms with E-state index < -0.39 is 19.9 Å². The average molecular weight is 370 g/mol. The van der Waals surface area contributed by atoms with Crippen molar-refractivity contribution in [1.29, 1.82) is 0 Å². The van der Waals surface area contributed by atoms with Crippen molar-refractivity contribution in [1.82, 2.24) is 14.1 Å². The molecular weight excluding hydrogens is 342 g/mol. The molecule has 1 heterocycles. The molecule has 1 atom stereocenters. The topological polar surface area (TPSA) is 95.1 Å². The standard InChI is InChI=1S/C13H27N3O5S2/c1-5-16(12-6-9-23(20,21)11-12)13(17)10-15(22(4,18)19)8-7-14(2)3/h12H,5-11H2,1-4H3. The van der Waals surface area contributed by atoms with Gasteiger partial charge in [-0.15, -0.1) is 0 Å². The molecule has 8 nitrogen and oxygen atoms in total. The minimum absolute atomic E-state index is 0.0385. The van der Waals surface area contributed by atoms with E-state index in [2.05, 4.69) is 0 Å². The van der Waals surface area contributed by atoms with Gasteiger partial charge in [0.15, 0.2) is 9.84 Å². The highest BCUT2D eigenvalue weighted by atomic mass is 32.2. The largest absolute Gasteiger partial charge is 0.338 e. The summed E-state index contributed by atoms with van der Waals surface area (Å²) in [4.78, 5) is 15.8. The lowest BCUT2D eigenvalue weighted by Crippen LogP contribution is -2.48. The molecule has 0 saturated carbocycles. The van der Waals surface area contributed by atoms with E-state index in [1.54, 1.807) is 6.92 Å². The van der Waals surface area contributed by atoms with Crippen molar-refractivity contribution in [3.05, 3.63) is 0 Å². The second kappa shape index (κ2) is 7.91. The summed E-state index contributed by atoms with van der Waals surface area (Å²) >= 11 is 0. The fraction of sp³-hybridized carbons (Fsp3) is 0.923. The predicted octanol–water partition coefficient (Wildman–Crippen LogP) is -1.15. The van der Waals surface area contributed by atoms with Crippen molar-refractivity contribution >= 4 is 25.8 Å². The Morgan fingerprint density at radius 3 is 2.22 bits per heavy atom. The lowest BCUT2D eigenvalue weighted by molar-refractivity contribution is -0.133. The van der Waals surface area contributed by atoms with Crippen LogP contribution < -0.4 is 0 Å². The van der Waals surface area contributed by atoms with E-state index >= 15 is 0 Å². The summed E-state index contributed by atoms with van der Waals surface area (Å²) in [5, 5.41) is 0. The van der Waals surface area contributed by atoms with Gasteiger partial charge in [0.25, 0.3) is 0 Å². The molecule has 1 amide bonds. The first-order valence-corrected chi connectivity index (χ1v) is 11.2. The zero-order valence-corrected chi connectivity index (χ0v) is 15.9. The summed E-state index contributed by atoms with van der Waals surface area (Å²) in [6.45, 7) is 2.61. The lowest BCUT2D eigenvalue weighted by Gasteiger charge is -2.29. The Labute approximate surface area is 139 Å². The first-order chi connectivity index (χ1) is 10.5. The molecule has 136 valence electrons. The van der Waals surface area contributed by atoms with E-state index in [9.17, 15) is 21.6 Å². The van der Waals surface area contributed by atoms with Gasteiger partial charge in [-0.2, -0.15) is 4.31 Å². The SMILES string of the molecule is CCN(C(=O)CN(CCN(C)C)S(C)(=O)=O)C1CCS(=O)(=O)C1. The molecule has 0 bridgehead atoms. The van der Waals surface area contributed by atoms with Crippen LogP contribution in [0.1, 0.15) is 13.3 Å². The van der Waals surface area contributed by atoms with Crippen molar-refractivity contribution in [3.63, 3.8) is 0 Å². The summed E-state index contributed by atoms with van der Waals surface area (Å²) in [6.07, 6.45) is 1.49. The molecule has 0 aromatic rings. The third-order valence-corrected chi connectivity index (χ3v) is 6.89. The van der Waals surface area contributed by atoms with Crippen LogP contribution >= 0.6 is 0 Å². The Balaban J connectivity index is 2.79. The van der Waals surface area contributed by atoms with Crippen molar-refractivity contribution in [2.24, 2.45) is 0 Å². The van der Waals surface area contributed by atoms with Gasteiger partial charge in [-0.25, -0.2) is 16.8 Å². The molecule has 0 radical (unpaired) electrons. The molecule has 0 N–H and O–H groups in total. The third-order valence-electron chi connectivity index (χ3n) is 3.89. The second-order valence-corrected chi connectivity index (χ2v) is 10.3. The number of carbonyl (C=O) groups is 1. The summed E-state index contributed by atoms with van der Waals surface area (Å²) in [6, 6.07) is -0.354. The first-order valence-electron chi connectivity index (χ1n) is 7.56. The highest BCUT2D eigenvalue weighted by Crippen LogP contribution is 2.18. The molecule has 23 heavy (non-hydrogen) atoms.